The highest BCUT2D eigenvalue weighted by Crippen LogP contribution is 2.25. The monoisotopic (exact) mass is 311 g/mol. The third kappa shape index (κ3) is 3.90. The van der Waals surface area contributed by atoms with Crippen LogP contribution in [0.2, 0.25) is 5.02 Å². The third-order valence-electron chi connectivity index (χ3n) is 2.58. The number of fused-ring (bicyclic) bond motifs is 1. The predicted molar refractivity (Wildman–Crippen MR) is 84.3 cm³/mol. The summed E-state index contributed by atoms with van der Waals surface area (Å²) < 4.78 is 0. The molecule has 4 nitrogen and oxygen atoms in total. The van der Waals surface area contributed by atoms with Crippen molar-refractivity contribution in [3.8, 4) is 0 Å². The molecule has 6 heteroatoms. The number of amides is 1. The molecule has 0 aliphatic heterocycles. The molecule has 1 atom stereocenters. The second-order valence-corrected chi connectivity index (χ2v) is 7.47. The van der Waals surface area contributed by atoms with Crippen LogP contribution in [0.15, 0.2) is 23.4 Å². The number of aromatic amines is 1. The van der Waals surface area contributed by atoms with Crippen molar-refractivity contribution in [2.45, 2.75) is 43.6 Å². The van der Waals surface area contributed by atoms with Gasteiger partial charge < -0.3 is 10.3 Å². The Morgan fingerprint density at radius 1 is 1.45 bits per heavy atom. The van der Waals surface area contributed by atoms with Gasteiger partial charge in [0.2, 0.25) is 5.91 Å². The van der Waals surface area contributed by atoms with E-state index in [4.69, 9.17) is 11.6 Å². The molecule has 1 aromatic carbocycles. The Labute approximate surface area is 127 Å². The smallest absolute Gasteiger partial charge is 0.233 e. The van der Waals surface area contributed by atoms with Crippen LogP contribution in [0.3, 0.4) is 0 Å². The molecule has 1 amide bonds. The summed E-state index contributed by atoms with van der Waals surface area (Å²) in [7, 11) is 0. The van der Waals surface area contributed by atoms with Crippen LogP contribution in [-0.4, -0.2) is 26.7 Å². The number of imidazole rings is 1. The van der Waals surface area contributed by atoms with E-state index in [1.54, 1.807) is 6.07 Å². The molecular weight excluding hydrogens is 294 g/mol. The fourth-order valence-electron chi connectivity index (χ4n) is 1.71. The number of nitrogens with zero attached hydrogens (tertiary/aromatic N) is 1. The van der Waals surface area contributed by atoms with Gasteiger partial charge in [0, 0.05) is 10.6 Å². The molecule has 0 saturated heterocycles. The number of aromatic nitrogens is 2. The van der Waals surface area contributed by atoms with Gasteiger partial charge in [-0.1, -0.05) is 23.4 Å². The Kier molecular flexibility index (Phi) is 4.30. The largest absolute Gasteiger partial charge is 0.351 e. The summed E-state index contributed by atoms with van der Waals surface area (Å²) in [6.07, 6.45) is 0. The van der Waals surface area contributed by atoms with E-state index < -0.39 is 0 Å². The lowest BCUT2D eigenvalue weighted by atomic mass is 10.1. The summed E-state index contributed by atoms with van der Waals surface area (Å²) in [5.41, 5.74) is 1.50. The topological polar surface area (TPSA) is 57.8 Å². The van der Waals surface area contributed by atoms with Gasteiger partial charge in [0.25, 0.3) is 0 Å². The molecule has 0 fully saturated rings. The zero-order valence-corrected chi connectivity index (χ0v) is 13.5. The molecule has 108 valence electrons. The normalized spacial score (nSPS) is 13.4. The number of thioether (sulfide) groups is 1. The van der Waals surface area contributed by atoms with E-state index in [-0.39, 0.29) is 16.7 Å². The van der Waals surface area contributed by atoms with Crippen molar-refractivity contribution >= 4 is 40.3 Å². The van der Waals surface area contributed by atoms with E-state index in [2.05, 4.69) is 15.3 Å². The van der Waals surface area contributed by atoms with Crippen LogP contribution in [0.4, 0.5) is 0 Å². The van der Waals surface area contributed by atoms with Crippen LogP contribution in [0.1, 0.15) is 27.7 Å². The van der Waals surface area contributed by atoms with E-state index >= 15 is 0 Å². The first-order chi connectivity index (χ1) is 9.24. The third-order valence-corrected chi connectivity index (χ3v) is 3.80. The van der Waals surface area contributed by atoms with Gasteiger partial charge in [-0.2, -0.15) is 0 Å². The lowest BCUT2D eigenvalue weighted by Gasteiger charge is -2.22. The number of carbonyl (C=O) groups is 1. The number of benzene rings is 1. The zero-order chi connectivity index (χ0) is 14.9. The SMILES string of the molecule is C[C@@H](Sc1nc2ccc(Cl)cc2[nH]1)C(=O)NC(C)(C)C. The maximum atomic E-state index is 12.0. The molecule has 0 bridgehead atoms. The quantitative estimate of drug-likeness (QED) is 0.851. The van der Waals surface area contributed by atoms with Crippen molar-refractivity contribution in [2.75, 3.05) is 0 Å². The minimum Gasteiger partial charge on any atom is -0.351 e. The Bertz CT molecular complexity index is 633. The average Bonchev–Trinajstić information content (AvgIpc) is 2.67. The number of hydrogen-bond acceptors (Lipinski definition) is 3. The number of hydrogen-bond donors (Lipinski definition) is 2. The van der Waals surface area contributed by atoms with Crippen molar-refractivity contribution in [2.24, 2.45) is 0 Å². The van der Waals surface area contributed by atoms with E-state index in [9.17, 15) is 4.79 Å². The fraction of sp³-hybridized carbons (Fsp3) is 0.429. The van der Waals surface area contributed by atoms with Gasteiger partial charge >= 0.3 is 0 Å². The second kappa shape index (κ2) is 5.66. The van der Waals surface area contributed by atoms with Crippen molar-refractivity contribution < 1.29 is 4.79 Å². The summed E-state index contributed by atoms with van der Waals surface area (Å²) in [6.45, 7) is 7.76. The number of carbonyl (C=O) groups excluding carboxylic acids is 1. The molecule has 1 aromatic heterocycles. The summed E-state index contributed by atoms with van der Waals surface area (Å²) in [6, 6.07) is 5.49. The van der Waals surface area contributed by atoms with Crippen LogP contribution < -0.4 is 5.32 Å². The van der Waals surface area contributed by atoms with Crippen molar-refractivity contribution in [3.05, 3.63) is 23.2 Å². The summed E-state index contributed by atoms with van der Waals surface area (Å²) in [5, 5.41) is 4.13. The molecule has 0 aliphatic carbocycles. The molecule has 0 spiro atoms. The molecule has 0 radical (unpaired) electrons. The highest BCUT2D eigenvalue weighted by molar-refractivity contribution is 8.00. The first-order valence-corrected chi connectivity index (χ1v) is 7.64. The lowest BCUT2D eigenvalue weighted by molar-refractivity contribution is -0.121. The Morgan fingerprint density at radius 2 is 2.15 bits per heavy atom. The van der Waals surface area contributed by atoms with Crippen LogP contribution >= 0.6 is 23.4 Å². The molecule has 0 aliphatic rings. The summed E-state index contributed by atoms with van der Waals surface area (Å²) in [5.74, 6) is 0.000915. The van der Waals surface area contributed by atoms with Gasteiger partial charge in [0.05, 0.1) is 16.3 Å². The van der Waals surface area contributed by atoms with Crippen LogP contribution in [-0.2, 0) is 4.79 Å². The highest BCUT2D eigenvalue weighted by atomic mass is 35.5. The minimum absolute atomic E-state index is 0.000915. The predicted octanol–water partition coefficient (Wildman–Crippen LogP) is 3.61. The van der Waals surface area contributed by atoms with Gasteiger partial charge in [-0.15, -0.1) is 0 Å². The van der Waals surface area contributed by atoms with Gasteiger partial charge in [-0.25, -0.2) is 4.98 Å². The van der Waals surface area contributed by atoms with Crippen molar-refractivity contribution in [3.63, 3.8) is 0 Å². The van der Waals surface area contributed by atoms with E-state index in [0.29, 0.717) is 5.02 Å². The van der Waals surface area contributed by atoms with E-state index in [0.717, 1.165) is 16.2 Å². The summed E-state index contributed by atoms with van der Waals surface area (Å²) >= 11 is 7.34. The average molecular weight is 312 g/mol. The minimum atomic E-state index is -0.229. The zero-order valence-electron chi connectivity index (χ0n) is 12.0. The number of rotatable bonds is 3. The molecular formula is C14H18ClN3OS. The van der Waals surface area contributed by atoms with E-state index in [1.807, 2.05) is 39.8 Å². The van der Waals surface area contributed by atoms with Gasteiger partial charge in [-0.3, -0.25) is 4.79 Å². The van der Waals surface area contributed by atoms with Gasteiger partial charge in [0.1, 0.15) is 0 Å². The maximum Gasteiger partial charge on any atom is 0.233 e. The molecule has 2 N–H and O–H groups in total. The molecule has 1 heterocycles. The Balaban J connectivity index is 2.09. The van der Waals surface area contributed by atoms with Gasteiger partial charge in [-0.05, 0) is 45.9 Å². The molecule has 0 saturated carbocycles. The maximum absolute atomic E-state index is 12.0. The first-order valence-electron chi connectivity index (χ1n) is 6.38. The Morgan fingerprint density at radius 3 is 2.80 bits per heavy atom. The second-order valence-electron chi connectivity index (χ2n) is 5.70. The molecule has 2 aromatic rings. The number of halogens is 1. The fourth-order valence-corrected chi connectivity index (χ4v) is 2.70. The van der Waals surface area contributed by atoms with Crippen LogP contribution in [0.5, 0.6) is 0 Å². The van der Waals surface area contributed by atoms with E-state index in [1.165, 1.54) is 11.8 Å². The molecule has 2 rings (SSSR count). The molecule has 20 heavy (non-hydrogen) atoms. The lowest BCUT2D eigenvalue weighted by Crippen LogP contribution is -2.44. The highest BCUT2D eigenvalue weighted by Gasteiger charge is 2.21. The Hall–Kier alpha value is -1.20. The molecule has 0 unspecified atom stereocenters. The van der Waals surface area contributed by atoms with Crippen molar-refractivity contribution in [1.29, 1.82) is 0 Å². The first kappa shape index (κ1) is 15.2. The van der Waals surface area contributed by atoms with Crippen LogP contribution in [0.25, 0.3) is 11.0 Å². The summed E-state index contributed by atoms with van der Waals surface area (Å²) in [4.78, 5) is 19.7. The number of nitrogens with one attached hydrogen (secondary N) is 2. The van der Waals surface area contributed by atoms with Gasteiger partial charge in [0.15, 0.2) is 5.16 Å². The standard InChI is InChI=1S/C14H18ClN3OS/c1-8(12(19)18-14(2,3)4)20-13-16-10-6-5-9(15)7-11(10)17-13/h5-8H,1-4H3,(H,16,17)(H,18,19)/t8-/m1/s1. The van der Waals surface area contributed by atoms with Crippen molar-refractivity contribution in [1.82, 2.24) is 15.3 Å². The van der Waals surface area contributed by atoms with Crippen LogP contribution in [0, 0.1) is 0 Å². The number of H-pyrrole nitrogens is 1.